The van der Waals surface area contributed by atoms with E-state index >= 15 is 0 Å². The van der Waals surface area contributed by atoms with Gasteiger partial charge in [-0.2, -0.15) is 0 Å². The van der Waals surface area contributed by atoms with Crippen LogP contribution in [0.5, 0.6) is 0 Å². The van der Waals surface area contributed by atoms with Gasteiger partial charge in [0.25, 0.3) is 0 Å². The number of amides is 1. The number of nitrogens with zero attached hydrogens (tertiary/aromatic N) is 3. The normalized spacial score (nSPS) is 15.0. The minimum Gasteiger partial charge on any atom is -0.367 e. The minimum absolute atomic E-state index is 0.0666. The SMILES string of the molecule is O=C(COCc1ccccc1)NCC1CCN(c2ncc(F)cn2)CC1. The molecule has 138 valence electrons. The number of aromatic nitrogens is 2. The van der Waals surface area contributed by atoms with Crippen molar-refractivity contribution in [2.75, 3.05) is 31.1 Å². The number of ether oxygens (including phenoxy) is 1. The highest BCUT2D eigenvalue weighted by Crippen LogP contribution is 2.19. The molecule has 0 spiro atoms. The highest BCUT2D eigenvalue weighted by Gasteiger charge is 2.21. The van der Waals surface area contributed by atoms with Gasteiger partial charge in [0.05, 0.1) is 19.0 Å². The van der Waals surface area contributed by atoms with Gasteiger partial charge in [-0.05, 0) is 24.3 Å². The number of carbonyl (C=O) groups is 1. The van der Waals surface area contributed by atoms with Crippen LogP contribution in [0.4, 0.5) is 10.3 Å². The van der Waals surface area contributed by atoms with Crippen LogP contribution in [0.1, 0.15) is 18.4 Å². The number of benzene rings is 1. The van der Waals surface area contributed by atoms with Crippen molar-refractivity contribution in [1.82, 2.24) is 15.3 Å². The Morgan fingerprint density at radius 1 is 1.19 bits per heavy atom. The molecule has 0 bridgehead atoms. The number of hydrogen-bond acceptors (Lipinski definition) is 5. The van der Waals surface area contributed by atoms with Crippen LogP contribution in [0, 0.1) is 11.7 Å². The van der Waals surface area contributed by atoms with Crippen molar-refractivity contribution >= 4 is 11.9 Å². The third-order valence-electron chi connectivity index (χ3n) is 4.44. The molecule has 7 heteroatoms. The Hall–Kier alpha value is -2.54. The molecule has 2 aromatic rings. The summed E-state index contributed by atoms with van der Waals surface area (Å²) < 4.78 is 18.3. The zero-order chi connectivity index (χ0) is 18.2. The molecule has 1 aromatic heterocycles. The maximum absolute atomic E-state index is 12.9. The highest BCUT2D eigenvalue weighted by molar-refractivity contribution is 5.77. The zero-order valence-electron chi connectivity index (χ0n) is 14.6. The van der Waals surface area contributed by atoms with Crippen LogP contribution in [0.3, 0.4) is 0 Å². The van der Waals surface area contributed by atoms with E-state index < -0.39 is 5.82 Å². The molecule has 0 saturated carbocycles. The molecular formula is C19H23FN4O2. The molecule has 26 heavy (non-hydrogen) atoms. The number of rotatable bonds is 7. The Bertz CT molecular complexity index is 688. The second-order valence-corrected chi connectivity index (χ2v) is 6.41. The van der Waals surface area contributed by atoms with Gasteiger partial charge in [0.1, 0.15) is 6.61 Å². The van der Waals surface area contributed by atoms with Gasteiger partial charge in [-0.3, -0.25) is 4.79 Å². The third kappa shape index (κ3) is 5.49. The Balaban J connectivity index is 1.32. The van der Waals surface area contributed by atoms with Crippen molar-refractivity contribution in [2.24, 2.45) is 5.92 Å². The summed E-state index contributed by atoms with van der Waals surface area (Å²) in [5.74, 6) is 0.457. The summed E-state index contributed by atoms with van der Waals surface area (Å²) in [5.41, 5.74) is 1.05. The molecule has 1 aromatic carbocycles. The molecule has 1 aliphatic rings. The van der Waals surface area contributed by atoms with Gasteiger partial charge in [0.2, 0.25) is 11.9 Å². The summed E-state index contributed by atoms with van der Waals surface area (Å²) in [6, 6.07) is 9.78. The standard InChI is InChI=1S/C19H23FN4O2/c20-17-11-22-19(23-12-17)24-8-6-15(7-9-24)10-21-18(25)14-26-13-16-4-2-1-3-5-16/h1-5,11-12,15H,6-10,13-14H2,(H,21,25). The van der Waals surface area contributed by atoms with Gasteiger partial charge >= 0.3 is 0 Å². The fourth-order valence-electron chi connectivity index (χ4n) is 2.95. The molecule has 0 aliphatic carbocycles. The van der Waals surface area contributed by atoms with E-state index in [-0.39, 0.29) is 12.5 Å². The summed E-state index contributed by atoms with van der Waals surface area (Å²) in [4.78, 5) is 22.0. The van der Waals surface area contributed by atoms with Crippen molar-refractivity contribution in [3.63, 3.8) is 0 Å². The lowest BCUT2D eigenvalue weighted by Crippen LogP contribution is -2.40. The molecule has 1 N–H and O–H groups in total. The number of carbonyl (C=O) groups excluding carboxylic acids is 1. The second-order valence-electron chi connectivity index (χ2n) is 6.41. The van der Waals surface area contributed by atoms with Crippen LogP contribution in [-0.2, 0) is 16.1 Å². The maximum Gasteiger partial charge on any atom is 0.246 e. The number of nitrogens with one attached hydrogen (secondary N) is 1. The molecule has 3 rings (SSSR count). The topological polar surface area (TPSA) is 67.3 Å². The fraction of sp³-hybridized carbons (Fsp3) is 0.421. The quantitative estimate of drug-likeness (QED) is 0.822. The van der Waals surface area contributed by atoms with Crippen molar-refractivity contribution in [1.29, 1.82) is 0 Å². The number of anilines is 1. The summed E-state index contributed by atoms with van der Waals surface area (Å²) in [5, 5.41) is 2.94. The van der Waals surface area contributed by atoms with Crippen LogP contribution < -0.4 is 10.2 Å². The van der Waals surface area contributed by atoms with E-state index in [1.54, 1.807) is 0 Å². The van der Waals surface area contributed by atoms with Crippen LogP contribution in [0.2, 0.25) is 0 Å². The molecular weight excluding hydrogens is 335 g/mol. The lowest BCUT2D eigenvalue weighted by Gasteiger charge is -2.31. The molecule has 0 radical (unpaired) electrons. The maximum atomic E-state index is 12.9. The van der Waals surface area contributed by atoms with E-state index in [1.807, 2.05) is 35.2 Å². The predicted molar refractivity (Wildman–Crippen MR) is 96.0 cm³/mol. The van der Waals surface area contributed by atoms with Crippen molar-refractivity contribution in [3.05, 3.63) is 54.1 Å². The highest BCUT2D eigenvalue weighted by atomic mass is 19.1. The van der Waals surface area contributed by atoms with Crippen molar-refractivity contribution in [3.8, 4) is 0 Å². The molecule has 2 heterocycles. The Kier molecular flexibility index (Phi) is 6.49. The average Bonchev–Trinajstić information content (AvgIpc) is 2.68. The number of halogens is 1. The van der Waals surface area contributed by atoms with E-state index in [0.717, 1.165) is 31.5 Å². The summed E-state index contributed by atoms with van der Waals surface area (Å²) in [6.07, 6.45) is 4.24. The summed E-state index contributed by atoms with van der Waals surface area (Å²) in [6.45, 7) is 2.75. The molecule has 1 aliphatic heterocycles. The van der Waals surface area contributed by atoms with Crippen LogP contribution in [0.25, 0.3) is 0 Å². The molecule has 1 saturated heterocycles. The molecule has 1 fully saturated rings. The van der Waals surface area contributed by atoms with Gasteiger partial charge in [-0.1, -0.05) is 30.3 Å². The first-order valence-electron chi connectivity index (χ1n) is 8.81. The van der Waals surface area contributed by atoms with Gasteiger partial charge in [-0.25, -0.2) is 14.4 Å². The van der Waals surface area contributed by atoms with Crippen LogP contribution in [0.15, 0.2) is 42.7 Å². The summed E-state index contributed by atoms with van der Waals surface area (Å²) >= 11 is 0. The number of hydrogen-bond donors (Lipinski definition) is 1. The Morgan fingerprint density at radius 3 is 2.58 bits per heavy atom. The lowest BCUT2D eigenvalue weighted by atomic mass is 9.97. The molecule has 1 amide bonds. The first-order valence-corrected chi connectivity index (χ1v) is 8.81. The summed E-state index contributed by atoms with van der Waals surface area (Å²) in [7, 11) is 0. The molecule has 0 atom stereocenters. The lowest BCUT2D eigenvalue weighted by molar-refractivity contribution is -0.126. The molecule has 0 unspecified atom stereocenters. The predicted octanol–water partition coefficient (Wildman–Crippen LogP) is 2.17. The minimum atomic E-state index is -0.430. The molecule has 6 nitrogen and oxygen atoms in total. The van der Waals surface area contributed by atoms with E-state index in [2.05, 4.69) is 15.3 Å². The Labute approximate surface area is 152 Å². The van der Waals surface area contributed by atoms with Crippen LogP contribution >= 0.6 is 0 Å². The van der Waals surface area contributed by atoms with Gasteiger partial charge in [-0.15, -0.1) is 0 Å². The first kappa shape index (κ1) is 18.3. The smallest absolute Gasteiger partial charge is 0.246 e. The average molecular weight is 358 g/mol. The van der Waals surface area contributed by atoms with Crippen molar-refractivity contribution in [2.45, 2.75) is 19.4 Å². The van der Waals surface area contributed by atoms with E-state index in [9.17, 15) is 9.18 Å². The van der Waals surface area contributed by atoms with E-state index in [4.69, 9.17) is 4.74 Å². The fourth-order valence-corrected chi connectivity index (χ4v) is 2.95. The first-order chi connectivity index (χ1) is 12.7. The van der Waals surface area contributed by atoms with E-state index in [0.29, 0.717) is 25.0 Å². The van der Waals surface area contributed by atoms with E-state index in [1.165, 1.54) is 12.4 Å². The van der Waals surface area contributed by atoms with Crippen LogP contribution in [-0.4, -0.2) is 42.1 Å². The Morgan fingerprint density at radius 2 is 1.88 bits per heavy atom. The largest absolute Gasteiger partial charge is 0.367 e. The third-order valence-corrected chi connectivity index (χ3v) is 4.44. The van der Waals surface area contributed by atoms with Crippen molar-refractivity contribution < 1.29 is 13.9 Å². The van der Waals surface area contributed by atoms with Gasteiger partial charge in [0.15, 0.2) is 5.82 Å². The monoisotopic (exact) mass is 358 g/mol. The van der Waals surface area contributed by atoms with Gasteiger partial charge in [0, 0.05) is 19.6 Å². The van der Waals surface area contributed by atoms with Gasteiger partial charge < -0.3 is 15.0 Å². The number of piperidine rings is 1. The zero-order valence-corrected chi connectivity index (χ0v) is 14.6. The second kappa shape index (κ2) is 9.24.